The van der Waals surface area contributed by atoms with E-state index in [0.29, 0.717) is 12.6 Å². The molecule has 2 aromatic heterocycles. The van der Waals surface area contributed by atoms with Crippen molar-refractivity contribution in [3.8, 4) is 11.3 Å². The zero-order valence-corrected chi connectivity index (χ0v) is 19.1. The van der Waals surface area contributed by atoms with Crippen molar-refractivity contribution >= 4 is 28.7 Å². The maximum atomic E-state index is 12.1. The molecule has 35 heavy (non-hydrogen) atoms. The number of aromatic amines is 1. The van der Waals surface area contributed by atoms with Crippen LogP contribution in [0.2, 0.25) is 0 Å². The van der Waals surface area contributed by atoms with Gasteiger partial charge in [0.15, 0.2) is 0 Å². The van der Waals surface area contributed by atoms with Gasteiger partial charge in [0.25, 0.3) is 5.91 Å². The summed E-state index contributed by atoms with van der Waals surface area (Å²) in [4.78, 5) is 34.3. The fourth-order valence-electron chi connectivity index (χ4n) is 4.40. The van der Waals surface area contributed by atoms with Gasteiger partial charge in [-0.3, -0.25) is 4.79 Å². The van der Waals surface area contributed by atoms with Crippen LogP contribution in [-0.4, -0.2) is 50.7 Å². The first-order valence-corrected chi connectivity index (χ1v) is 11.5. The fourth-order valence-corrected chi connectivity index (χ4v) is 4.40. The number of hydrogen-bond acceptors (Lipinski definition) is 5. The third kappa shape index (κ3) is 5.55. The molecule has 0 bridgehead atoms. The Labute approximate surface area is 199 Å². The lowest BCUT2D eigenvalue weighted by atomic mass is 9.95. The van der Waals surface area contributed by atoms with Crippen LogP contribution in [0.5, 0.6) is 0 Å². The molecular formula is C24H26F3N5O3. The van der Waals surface area contributed by atoms with Crippen LogP contribution in [0, 0.1) is 6.92 Å². The van der Waals surface area contributed by atoms with Crippen LogP contribution in [0.1, 0.15) is 53.8 Å². The van der Waals surface area contributed by atoms with E-state index in [2.05, 4.69) is 15.6 Å². The average Bonchev–Trinajstić information content (AvgIpc) is 3.25. The van der Waals surface area contributed by atoms with Crippen LogP contribution in [-0.2, 0) is 11.2 Å². The van der Waals surface area contributed by atoms with E-state index in [9.17, 15) is 18.0 Å². The summed E-state index contributed by atoms with van der Waals surface area (Å²) >= 11 is 0. The molecular weight excluding hydrogens is 463 g/mol. The van der Waals surface area contributed by atoms with Gasteiger partial charge in [-0.25, -0.2) is 14.8 Å². The van der Waals surface area contributed by atoms with Gasteiger partial charge in [-0.05, 0) is 31.9 Å². The Bertz CT molecular complexity index is 1250. The number of rotatable bonds is 3. The Morgan fingerprint density at radius 2 is 1.86 bits per heavy atom. The summed E-state index contributed by atoms with van der Waals surface area (Å²) in [6.07, 6.45) is 2.01. The molecule has 8 nitrogen and oxygen atoms in total. The number of hydrogen-bond donors (Lipinski definition) is 4. The number of carbonyl (C=O) groups excluding carboxylic acids is 1. The maximum Gasteiger partial charge on any atom is 0.490 e. The second-order valence-electron chi connectivity index (χ2n) is 8.69. The van der Waals surface area contributed by atoms with Crippen molar-refractivity contribution in [2.75, 3.05) is 11.9 Å². The minimum atomic E-state index is -5.08. The van der Waals surface area contributed by atoms with E-state index in [1.54, 1.807) is 0 Å². The van der Waals surface area contributed by atoms with Gasteiger partial charge in [0, 0.05) is 36.0 Å². The van der Waals surface area contributed by atoms with Gasteiger partial charge in [0.2, 0.25) is 0 Å². The Morgan fingerprint density at radius 1 is 1.14 bits per heavy atom. The molecule has 1 amide bonds. The van der Waals surface area contributed by atoms with Gasteiger partial charge in [0.05, 0.1) is 16.8 Å². The van der Waals surface area contributed by atoms with Crippen molar-refractivity contribution in [1.29, 1.82) is 0 Å². The molecule has 5 rings (SSSR count). The predicted octanol–water partition coefficient (Wildman–Crippen LogP) is 4.60. The molecule has 0 spiro atoms. The van der Waals surface area contributed by atoms with E-state index < -0.39 is 12.1 Å². The van der Waals surface area contributed by atoms with Gasteiger partial charge < -0.3 is 20.7 Å². The van der Waals surface area contributed by atoms with Crippen LogP contribution >= 0.6 is 0 Å². The number of benzene rings is 1. The number of H-pyrrole nitrogens is 1. The Balaban J connectivity index is 0.000000364. The standard InChI is InChI=1S/C22H25N5O.C2HF3O2/c1-13-21(25-14-6-3-2-4-7-14)27-20-15(8-5-9-18(20)24-13)19-12-16-17(26-19)10-11-23-22(16)28;3-2(4,5)1(6)7/h5,8-9,12,14,26H,2-4,6-7,10-11H2,1H3,(H,23,28)(H,25,27);(H,6,7). The second-order valence-corrected chi connectivity index (χ2v) is 8.69. The highest BCUT2D eigenvalue weighted by atomic mass is 19.4. The fraction of sp³-hybridized carbons (Fsp3) is 0.417. The third-order valence-corrected chi connectivity index (χ3v) is 6.15. The van der Waals surface area contributed by atoms with Gasteiger partial charge in [-0.15, -0.1) is 0 Å². The SMILES string of the molecule is Cc1nc2cccc(-c3cc4c([nH]3)CCNC4=O)c2nc1NC1CCCCC1.O=C(O)C(F)(F)F. The number of para-hydroxylation sites is 1. The van der Waals surface area contributed by atoms with Gasteiger partial charge in [-0.1, -0.05) is 31.4 Å². The molecule has 0 radical (unpaired) electrons. The van der Waals surface area contributed by atoms with Crippen molar-refractivity contribution in [1.82, 2.24) is 20.3 Å². The molecule has 3 aromatic rings. The van der Waals surface area contributed by atoms with E-state index in [1.165, 1.54) is 32.1 Å². The summed E-state index contributed by atoms with van der Waals surface area (Å²) in [6.45, 7) is 2.69. The Morgan fingerprint density at radius 3 is 2.51 bits per heavy atom. The molecule has 0 saturated heterocycles. The monoisotopic (exact) mass is 489 g/mol. The topological polar surface area (TPSA) is 120 Å². The van der Waals surface area contributed by atoms with Crippen LogP contribution in [0.25, 0.3) is 22.3 Å². The number of alkyl halides is 3. The predicted molar refractivity (Wildman–Crippen MR) is 124 cm³/mol. The number of amides is 1. The number of nitrogens with zero attached hydrogens (tertiary/aromatic N) is 2. The number of aryl methyl sites for hydroxylation is 1. The zero-order valence-electron chi connectivity index (χ0n) is 19.1. The summed E-state index contributed by atoms with van der Waals surface area (Å²) in [5.41, 5.74) is 6.32. The first kappa shape index (κ1) is 24.5. The Hall–Kier alpha value is -3.63. The molecule has 1 aliphatic carbocycles. The summed E-state index contributed by atoms with van der Waals surface area (Å²) in [5, 5.41) is 13.7. The van der Waals surface area contributed by atoms with Gasteiger partial charge >= 0.3 is 12.1 Å². The normalized spacial score (nSPS) is 16.2. The van der Waals surface area contributed by atoms with Crippen LogP contribution in [0.15, 0.2) is 24.3 Å². The number of carboxylic acids is 1. The summed E-state index contributed by atoms with van der Waals surface area (Å²) in [6, 6.07) is 8.46. The lowest BCUT2D eigenvalue weighted by Gasteiger charge is -2.24. The molecule has 2 aliphatic rings. The summed E-state index contributed by atoms with van der Waals surface area (Å²) in [5.74, 6) is -1.89. The van der Waals surface area contributed by atoms with E-state index >= 15 is 0 Å². The first-order chi connectivity index (χ1) is 16.6. The van der Waals surface area contributed by atoms with Crippen LogP contribution < -0.4 is 10.6 Å². The van der Waals surface area contributed by atoms with Gasteiger partial charge in [-0.2, -0.15) is 13.2 Å². The number of nitrogens with one attached hydrogen (secondary N) is 3. The molecule has 4 N–H and O–H groups in total. The maximum absolute atomic E-state index is 12.1. The third-order valence-electron chi connectivity index (χ3n) is 6.15. The Kier molecular flexibility index (Phi) is 6.95. The molecule has 186 valence electrons. The number of aromatic nitrogens is 3. The highest BCUT2D eigenvalue weighted by Gasteiger charge is 2.38. The number of carbonyl (C=O) groups is 2. The van der Waals surface area contributed by atoms with Crippen molar-refractivity contribution < 1.29 is 27.9 Å². The molecule has 0 atom stereocenters. The van der Waals surface area contributed by atoms with E-state index in [0.717, 1.165) is 51.5 Å². The minimum Gasteiger partial charge on any atom is -0.475 e. The van der Waals surface area contributed by atoms with Crippen molar-refractivity contribution in [2.24, 2.45) is 0 Å². The zero-order chi connectivity index (χ0) is 25.2. The smallest absolute Gasteiger partial charge is 0.475 e. The highest BCUT2D eigenvalue weighted by Crippen LogP contribution is 2.31. The van der Waals surface area contributed by atoms with Crippen molar-refractivity contribution in [3.63, 3.8) is 0 Å². The van der Waals surface area contributed by atoms with E-state index in [4.69, 9.17) is 19.9 Å². The van der Waals surface area contributed by atoms with Crippen LogP contribution in [0.4, 0.5) is 19.0 Å². The number of halogens is 3. The molecule has 0 unspecified atom stereocenters. The number of aliphatic carboxylic acids is 1. The largest absolute Gasteiger partial charge is 0.490 e. The lowest BCUT2D eigenvalue weighted by Crippen LogP contribution is -2.31. The van der Waals surface area contributed by atoms with E-state index in [1.807, 2.05) is 31.2 Å². The van der Waals surface area contributed by atoms with Crippen molar-refractivity contribution in [3.05, 3.63) is 41.2 Å². The molecule has 1 saturated carbocycles. The molecule has 3 heterocycles. The van der Waals surface area contributed by atoms with Crippen LogP contribution in [0.3, 0.4) is 0 Å². The van der Waals surface area contributed by atoms with Crippen molar-refractivity contribution in [2.45, 2.75) is 57.7 Å². The summed E-state index contributed by atoms with van der Waals surface area (Å²) < 4.78 is 31.7. The molecule has 1 fully saturated rings. The molecule has 1 aliphatic heterocycles. The average molecular weight is 489 g/mol. The first-order valence-electron chi connectivity index (χ1n) is 11.5. The highest BCUT2D eigenvalue weighted by molar-refractivity contribution is 5.99. The lowest BCUT2D eigenvalue weighted by molar-refractivity contribution is -0.192. The number of carboxylic acid groups (broad SMARTS) is 1. The molecule has 11 heteroatoms. The second kappa shape index (κ2) is 9.93. The summed E-state index contributed by atoms with van der Waals surface area (Å²) in [7, 11) is 0. The number of anilines is 1. The quantitative estimate of drug-likeness (QED) is 0.427. The van der Waals surface area contributed by atoms with Gasteiger partial charge in [0.1, 0.15) is 11.3 Å². The van der Waals surface area contributed by atoms with E-state index in [-0.39, 0.29) is 5.91 Å². The number of fused-ring (bicyclic) bond motifs is 2. The minimum absolute atomic E-state index is 0.00873. The molecule has 1 aromatic carbocycles.